The fourth-order valence-electron chi connectivity index (χ4n) is 3.03. The third-order valence-corrected chi connectivity index (χ3v) is 4.40. The van der Waals surface area contributed by atoms with Crippen molar-refractivity contribution in [3.8, 4) is 0 Å². The molecule has 0 aromatic heterocycles. The number of amides is 2. The van der Waals surface area contributed by atoms with Gasteiger partial charge in [0.15, 0.2) is 0 Å². The molecule has 0 N–H and O–H groups in total. The van der Waals surface area contributed by atoms with Crippen molar-refractivity contribution >= 4 is 23.1 Å². The molecule has 1 aliphatic rings. The van der Waals surface area contributed by atoms with E-state index in [-0.39, 0.29) is 22.9 Å². The maximum atomic E-state index is 13.0. The van der Waals surface area contributed by atoms with E-state index in [1.165, 1.54) is 29.2 Å². The van der Waals surface area contributed by atoms with Gasteiger partial charge < -0.3 is 14.4 Å². The van der Waals surface area contributed by atoms with E-state index in [1.807, 2.05) is 6.92 Å². The highest BCUT2D eigenvalue weighted by Crippen LogP contribution is 2.32. The number of carbonyl (C=O) groups is 2. The molecule has 0 unspecified atom stereocenters. The van der Waals surface area contributed by atoms with Crippen LogP contribution in [0.3, 0.4) is 0 Å². The zero-order valence-electron chi connectivity index (χ0n) is 16.3. The third-order valence-electron chi connectivity index (χ3n) is 4.40. The van der Waals surface area contributed by atoms with Gasteiger partial charge in [-0.15, -0.1) is 0 Å². The largest absolute Gasteiger partial charge is 0.383 e. The van der Waals surface area contributed by atoms with Gasteiger partial charge >= 0.3 is 0 Å². The highest BCUT2D eigenvalue weighted by molar-refractivity contribution is 6.35. The van der Waals surface area contributed by atoms with Crippen LogP contribution in [0, 0.1) is 10.1 Å². The van der Waals surface area contributed by atoms with Gasteiger partial charge in [-0.1, -0.05) is 6.92 Å². The van der Waals surface area contributed by atoms with Gasteiger partial charge in [-0.05, 0) is 24.1 Å². The molecule has 1 aromatic carbocycles. The van der Waals surface area contributed by atoms with Crippen LogP contribution in [0.25, 0.3) is 5.57 Å². The summed E-state index contributed by atoms with van der Waals surface area (Å²) in [4.78, 5) is 39.5. The van der Waals surface area contributed by atoms with E-state index in [0.29, 0.717) is 44.8 Å². The molecule has 0 aliphatic carbocycles. The second-order valence-corrected chi connectivity index (χ2v) is 6.26. The Morgan fingerprint density at radius 3 is 2.07 bits per heavy atom. The molecule has 1 aromatic rings. The highest BCUT2D eigenvalue weighted by Gasteiger charge is 2.41. The first-order valence-corrected chi connectivity index (χ1v) is 9.04. The smallest absolute Gasteiger partial charge is 0.277 e. The molecule has 0 atom stereocenters. The summed E-state index contributed by atoms with van der Waals surface area (Å²) in [7, 11) is 3.12. The molecule has 9 nitrogen and oxygen atoms in total. The number of nitro benzene ring substituents is 1. The molecule has 2 amide bonds. The van der Waals surface area contributed by atoms with Crippen LogP contribution >= 0.6 is 0 Å². The van der Waals surface area contributed by atoms with E-state index in [1.54, 1.807) is 19.1 Å². The van der Waals surface area contributed by atoms with E-state index in [9.17, 15) is 19.7 Å². The number of ether oxygens (including phenoxy) is 2. The SMILES string of the molecule is CCCN1C(=O)C(c2ccc([N+](=O)[O-])cc2)=C(N(CCOC)CCOC)C1=O. The van der Waals surface area contributed by atoms with E-state index in [4.69, 9.17) is 9.47 Å². The lowest BCUT2D eigenvalue weighted by molar-refractivity contribution is -0.384. The molecule has 9 heteroatoms. The van der Waals surface area contributed by atoms with Crippen LogP contribution in [0.5, 0.6) is 0 Å². The van der Waals surface area contributed by atoms with Crippen LogP contribution in [0.2, 0.25) is 0 Å². The van der Waals surface area contributed by atoms with Gasteiger partial charge in [-0.2, -0.15) is 0 Å². The Hall–Kier alpha value is -2.78. The first-order chi connectivity index (χ1) is 13.5. The number of imide groups is 1. The van der Waals surface area contributed by atoms with Crippen LogP contribution in [-0.2, 0) is 19.1 Å². The zero-order valence-corrected chi connectivity index (χ0v) is 16.3. The zero-order chi connectivity index (χ0) is 20.7. The summed E-state index contributed by atoms with van der Waals surface area (Å²) in [6, 6.07) is 5.65. The lowest BCUT2D eigenvalue weighted by Gasteiger charge is -2.25. The molecule has 0 radical (unpaired) electrons. The lowest BCUT2D eigenvalue weighted by atomic mass is 10.0. The molecule has 0 spiro atoms. The monoisotopic (exact) mass is 391 g/mol. The van der Waals surface area contributed by atoms with Crippen LogP contribution in [0.4, 0.5) is 5.69 Å². The Kier molecular flexibility index (Phi) is 7.65. The van der Waals surface area contributed by atoms with Crippen molar-refractivity contribution in [3.05, 3.63) is 45.6 Å². The Labute approximate surface area is 163 Å². The number of carbonyl (C=O) groups excluding carboxylic acids is 2. The van der Waals surface area contributed by atoms with Crippen molar-refractivity contribution in [2.75, 3.05) is 47.1 Å². The summed E-state index contributed by atoms with van der Waals surface area (Å²) in [5, 5.41) is 10.9. The van der Waals surface area contributed by atoms with Crippen molar-refractivity contribution in [2.24, 2.45) is 0 Å². The quantitative estimate of drug-likeness (QED) is 0.321. The molecule has 0 bridgehead atoms. The van der Waals surface area contributed by atoms with Gasteiger partial charge in [0.1, 0.15) is 5.70 Å². The fourth-order valence-corrected chi connectivity index (χ4v) is 3.03. The fraction of sp³-hybridized carbons (Fsp3) is 0.474. The molecule has 28 heavy (non-hydrogen) atoms. The van der Waals surface area contributed by atoms with E-state index < -0.39 is 10.8 Å². The molecule has 1 heterocycles. The predicted octanol–water partition coefficient (Wildman–Crippen LogP) is 1.68. The molecule has 1 aliphatic heterocycles. The minimum Gasteiger partial charge on any atom is -0.383 e. The first kappa shape index (κ1) is 21.5. The number of non-ortho nitro benzene ring substituents is 1. The number of rotatable bonds is 11. The maximum Gasteiger partial charge on any atom is 0.277 e. The normalized spacial score (nSPS) is 14.2. The minimum absolute atomic E-state index is 0.0799. The predicted molar refractivity (Wildman–Crippen MR) is 102 cm³/mol. The van der Waals surface area contributed by atoms with Crippen molar-refractivity contribution in [3.63, 3.8) is 0 Å². The Bertz CT molecular complexity index is 751. The van der Waals surface area contributed by atoms with Gasteiger partial charge in [0.05, 0.1) is 23.7 Å². The number of nitro groups is 1. The van der Waals surface area contributed by atoms with E-state index in [0.717, 1.165) is 0 Å². The van der Waals surface area contributed by atoms with Crippen LogP contribution in [0.1, 0.15) is 18.9 Å². The van der Waals surface area contributed by atoms with Crippen molar-refractivity contribution in [1.82, 2.24) is 9.80 Å². The molecule has 2 rings (SSSR count). The average molecular weight is 391 g/mol. The summed E-state index contributed by atoms with van der Waals surface area (Å²) in [6.07, 6.45) is 0.633. The summed E-state index contributed by atoms with van der Waals surface area (Å²) in [5.74, 6) is -0.761. The van der Waals surface area contributed by atoms with Gasteiger partial charge in [0.2, 0.25) is 0 Å². The van der Waals surface area contributed by atoms with Crippen LogP contribution in [-0.4, -0.2) is 73.6 Å². The van der Waals surface area contributed by atoms with E-state index in [2.05, 4.69) is 0 Å². The molecular weight excluding hydrogens is 366 g/mol. The Morgan fingerprint density at radius 1 is 1.04 bits per heavy atom. The lowest BCUT2D eigenvalue weighted by Crippen LogP contribution is -2.38. The third kappa shape index (κ3) is 4.55. The number of hydrogen-bond donors (Lipinski definition) is 0. The Balaban J connectivity index is 2.53. The first-order valence-electron chi connectivity index (χ1n) is 9.04. The van der Waals surface area contributed by atoms with Gasteiger partial charge in [0, 0.05) is 46.0 Å². The highest BCUT2D eigenvalue weighted by atomic mass is 16.6. The summed E-state index contributed by atoms with van der Waals surface area (Å²) in [6.45, 7) is 3.75. The summed E-state index contributed by atoms with van der Waals surface area (Å²) in [5.41, 5.74) is 0.919. The molecular formula is C19H25N3O6. The minimum atomic E-state index is -0.506. The van der Waals surface area contributed by atoms with E-state index >= 15 is 0 Å². The van der Waals surface area contributed by atoms with Gasteiger partial charge in [0.25, 0.3) is 17.5 Å². The molecule has 0 saturated heterocycles. The van der Waals surface area contributed by atoms with Crippen LogP contribution in [0.15, 0.2) is 30.0 Å². The van der Waals surface area contributed by atoms with Gasteiger partial charge in [-0.25, -0.2) is 0 Å². The number of hydrogen-bond acceptors (Lipinski definition) is 7. The second kappa shape index (κ2) is 9.95. The second-order valence-electron chi connectivity index (χ2n) is 6.26. The number of benzene rings is 1. The average Bonchev–Trinajstić information content (AvgIpc) is 2.93. The van der Waals surface area contributed by atoms with Crippen molar-refractivity contribution < 1.29 is 24.0 Å². The molecule has 0 fully saturated rings. The summed E-state index contributed by atoms with van der Waals surface area (Å²) < 4.78 is 10.3. The molecule has 152 valence electrons. The number of methoxy groups -OCH3 is 2. The number of nitrogens with zero attached hydrogens (tertiary/aromatic N) is 3. The standard InChI is InChI=1S/C19H25N3O6/c1-4-9-21-18(23)16(14-5-7-15(8-6-14)22(25)26)17(19(21)24)20(10-12-27-2)11-13-28-3/h5-8H,4,9-13H2,1-3H3. The van der Waals surface area contributed by atoms with Crippen LogP contribution < -0.4 is 0 Å². The Morgan fingerprint density at radius 2 is 1.61 bits per heavy atom. The van der Waals surface area contributed by atoms with Crippen molar-refractivity contribution in [2.45, 2.75) is 13.3 Å². The van der Waals surface area contributed by atoms with Gasteiger partial charge in [-0.3, -0.25) is 24.6 Å². The topological polar surface area (TPSA) is 102 Å². The molecule has 0 saturated carbocycles. The summed E-state index contributed by atoms with van der Waals surface area (Å²) >= 11 is 0. The van der Waals surface area contributed by atoms with Crippen molar-refractivity contribution in [1.29, 1.82) is 0 Å². The maximum absolute atomic E-state index is 13.0.